The molecule has 0 unspecified atom stereocenters. The highest BCUT2D eigenvalue weighted by atomic mass is 19.2. The van der Waals surface area contributed by atoms with E-state index < -0.39 is 34.5 Å². The van der Waals surface area contributed by atoms with Crippen LogP contribution in [0.4, 0.5) is 13.2 Å². The third kappa shape index (κ3) is 2.73. The number of aliphatic hydroxyl groups is 1. The number of hydrogen-bond donors (Lipinski definition) is 1. The lowest BCUT2D eigenvalue weighted by Gasteiger charge is -2.31. The first kappa shape index (κ1) is 15.0. The lowest BCUT2D eigenvalue weighted by atomic mass is 9.82. The minimum absolute atomic E-state index is 0.330. The van der Waals surface area contributed by atoms with Crippen molar-refractivity contribution in [3.63, 3.8) is 0 Å². The number of halogens is 3. The lowest BCUT2D eigenvalue weighted by molar-refractivity contribution is -0.0201. The van der Waals surface area contributed by atoms with Crippen molar-refractivity contribution in [3.8, 4) is 6.07 Å². The Labute approximate surface area is 118 Å². The van der Waals surface area contributed by atoms with Gasteiger partial charge in [0.15, 0.2) is 11.6 Å². The molecule has 2 atom stereocenters. The van der Waals surface area contributed by atoms with Crippen molar-refractivity contribution in [2.75, 3.05) is 0 Å². The zero-order valence-corrected chi connectivity index (χ0v) is 11.0. The number of nitrogens with zero attached hydrogens (tertiary/aromatic N) is 4. The smallest absolute Gasteiger partial charge is 0.161 e. The quantitative estimate of drug-likeness (QED) is 0.872. The molecule has 8 heteroatoms. The summed E-state index contributed by atoms with van der Waals surface area (Å²) in [6.45, 7) is 1.02. The van der Waals surface area contributed by atoms with Gasteiger partial charge < -0.3 is 5.11 Å². The first-order valence-corrected chi connectivity index (χ1v) is 5.98. The van der Waals surface area contributed by atoms with E-state index in [4.69, 9.17) is 5.26 Å². The van der Waals surface area contributed by atoms with Crippen molar-refractivity contribution >= 4 is 0 Å². The molecule has 1 N–H and O–H groups in total. The van der Waals surface area contributed by atoms with Gasteiger partial charge in [-0.05, 0) is 13.0 Å². The van der Waals surface area contributed by atoms with E-state index >= 15 is 0 Å². The van der Waals surface area contributed by atoms with Gasteiger partial charge in [0.1, 0.15) is 24.1 Å². The van der Waals surface area contributed by atoms with Crippen molar-refractivity contribution in [1.82, 2.24) is 14.8 Å². The molecular formula is C13H11F3N4O. The summed E-state index contributed by atoms with van der Waals surface area (Å²) in [7, 11) is 0. The Kier molecular flexibility index (Phi) is 3.95. The standard InChI is InChI=1S/C13H11F3N4O/c1-8(4-17)13(21,5-20-7-18-6-19-20)9-2-11(15)12(16)3-10(9)14/h2-3,6-8,21H,5H2,1H3/t8-,13+/m0/s1. The number of nitriles is 1. The van der Waals surface area contributed by atoms with Crippen LogP contribution in [-0.2, 0) is 12.1 Å². The molecule has 2 aromatic rings. The van der Waals surface area contributed by atoms with E-state index in [2.05, 4.69) is 10.1 Å². The Morgan fingerprint density at radius 2 is 2.00 bits per heavy atom. The van der Waals surface area contributed by atoms with E-state index in [0.717, 1.165) is 0 Å². The third-order valence-corrected chi connectivity index (χ3v) is 3.26. The van der Waals surface area contributed by atoms with Gasteiger partial charge in [0, 0.05) is 11.6 Å². The van der Waals surface area contributed by atoms with Gasteiger partial charge in [-0.2, -0.15) is 10.4 Å². The normalized spacial score (nSPS) is 15.2. The Morgan fingerprint density at radius 1 is 1.33 bits per heavy atom. The minimum atomic E-state index is -2.08. The van der Waals surface area contributed by atoms with E-state index in [9.17, 15) is 18.3 Å². The molecule has 0 fully saturated rings. The van der Waals surface area contributed by atoms with Crippen LogP contribution >= 0.6 is 0 Å². The van der Waals surface area contributed by atoms with Crippen LogP contribution in [0, 0.1) is 34.7 Å². The summed E-state index contributed by atoms with van der Waals surface area (Å²) in [5, 5.41) is 23.5. The van der Waals surface area contributed by atoms with Crippen LogP contribution in [0.1, 0.15) is 12.5 Å². The molecule has 0 spiro atoms. The second kappa shape index (κ2) is 5.54. The molecule has 0 radical (unpaired) electrons. The Morgan fingerprint density at radius 3 is 2.57 bits per heavy atom. The Hall–Kier alpha value is -2.40. The van der Waals surface area contributed by atoms with E-state index in [1.807, 2.05) is 0 Å². The molecule has 1 aromatic carbocycles. The molecule has 1 aromatic heterocycles. The summed E-state index contributed by atoms with van der Waals surface area (Å²) in [6.07, 6.45) is 2.45. The summed E-state index contributed by atoms with van der Waals surface area (Å²) in [5.74, 6) is -4.92. The number of benzene rings is 1. The molecule has 1 heterocycles. The van der Waals surface area contributed by atoms with E-state index in [1.54, 1.807) is 6.07 Å². The second-order valence-electron chi connectivity index (χ2n) is 4.61. The first-order valence-electron chi connectivity index (χ1n) is 5.98. The molecule has 21 heavy (non-hydrogen) atoms. The number of aromatic nitrogens is 3. The van der Waals surface area contributed by atoms with Crippen molar-refractivity contribution in [3.05, 3.63) is 47.8 Å². The molecule has 5 nitrogen and oxygen atoms in total. The highest BCUT2D eigenvalue weighted by Crippen LogP contribution is 2.34. The van der Waals surface area contributed by atoms with Gasteiger partial charge in [0.05, 0.1) is 18.5 Å². The maximum absolute atomic E-state index is 13.9. The first-order chi connectivity index (χ1) is 9.88. The number of hydrogen-bond acceptors (Lipinski definition) is 4. The largest absolute Gasteiger partial charge is 0.382 e. The highest BCUT2D eigenvalue weighted by molar-refractivity contribution is 5.28. The van der Waals surface area contributed by atoms with E-state index in [-0.39, 0.29) is 6.54 Å². The van der Waals surface area contributed by atoms with Crippen LogP contribution in [-0.4, -0.2) is 19.9 Å². The predicted molar refractivity (Wildman–Crippen MR) is 65.0 cm³/mol. The van der Waals surface area contributed by atoms with Crippen molar-refractivity contribution in [2.24, 2.45) is 5.92 Å². The van der Waals surface area contributed by atoms with Gasteiger partial charge in [-0.25, -0.2) is 22.8 Å². The van der Waals surface area contributed by atoms with Crippen LogP contribution in [0.3, 0.4) is 0 Å². The molecule has 0 aliphatic carbocycles. The SMILES string of the molecule is C[C@@H](C#N)[C@](O)(Cn1cncn1)c1cc(F)c(F)cc1F. The lowest BCUT2D eigenvalue weighted by Crippen LogP contribution is -2.39. The van der Waals surface area contributed by atoms with Crippen molar-refractivity contribution in [1.29, 1.82) is 5.26 Å². The fourth-order valence-corrected chi connectivity index (χ4v) is 1.98. The summed E-state index contributed by atoms with van der Waals surface area (Å²) in [6, 6.07) is 2.67. The maximum Gasteiger partial charge on any atom is 0.161 e. The summed E-state index contributed by atoms with van der Waals surface area (Å²) >= 11 is 0. The Bertz CT molecular complexity index is 683. The van der Waals surface area contributed by atoms with Crippen LogP contribution in [0.5, 0.6) is 0 Å². The molecule has 110 valence electrons. The van der Waals surface area contributed by atoms with Gasteiger partial charge in [-0.15, -0.1) is 0 Å². The molecule has 0 amide bonds. The average molecular weight is 296 g/mol. The van der Waals surface area contributed by atoms with Gasteiger partial charge >= 0.3 is 0 Å². The molecule has 0 saturated heterocycles. The second-order valence-corrected chi connectivity index (χ2v) is 4.61. The third-order valence-electron chi connectivity index (χ3n) is 3.26. The molecule has 0 aliphatic heterocycles. The molecule has 2 rings (SSSR count). The number of rotatable bonds is 4. The maximum atomic E-state index is 13.9. The Balaban J connectivity index is 2.55. The van der Waals surface area contributed by atoms with Crippen molar-refractivity contribution < 1.29 is 18.3 Å². The average Bonchev–Trinajstić information content (AvgIpc) is 2.94. The van der Waals surface area contributed by atoms with Gasteiger partial charge in [-0.1, -0.05) is 0 Å². The monoisotopic (exact) mass is 296 g/mol. The molecule has 0 bridgehead atoms. The van der Waals surface area contributed by atoms with Gasteiger partial charge in [0.2, 0.25) is 0 Å². The van der Waals surface area contributed by atoms with E-state index in [1.165, 1.54) is 24.3 Å². The molecular weight excluding hydrogens is 285 g/mol. The minimum Gasteiger partial charge on any atom is -0.382 e. The van der Waals surface area contributed by atoms with Crippen molar-refractivity contribution in [2.45, 2.75) is 19.1 Å². The topological polar surface area (TPSA) is 74.7 Å². The zero-order chi connectivity index (χ0) is 15.6. The molecule has 0 saturated carbocycles. The predicted octanol–water partition coefficient (Wildman–Crippen LogP) is 1.74. The fourth-order valence-electron chi connectivity index (χ4n) is 1.98. The molecule has 0 aliphatic rings. The summed E-state index contributed by atoms with van der Waals surface area (Å²) < 4.78 is 41.5. The van der Waals surface area contributed by atoms with Crippen LogP contribution in [0.2, 0.25) is 0 Å². The fraction of sp³-hybridized carbons (Fsp3) is 0.308. The van der Waals surface area contributed by atoms with E-state index in [0.29, 0.717) is 12.1 Å². The zero-order valence-electron chi connectivity index (χ0n) is 11.0. The van der Waals surface area contributed by atoms with Crippen LogP contribution < -0.4 is 0 Å². The van der Waals surface area contributed by atoms with Gasteiger partial charge in [0.25, 0.3) is 0 Å². The summed E-state index contributed by atoms with van der Waals surface area (Å²) in [5.41, 5.74) is -2.59. The van der Waals surface area contributed by atoms with Crippen LogP contribution in [0.15, 0.2) is 24.8 Å². The highest BCUT2D eigenvalue weighted by Gasteiger charge is 2.40. The van der Waals surface area contributed by atoms with Crippen LogP contribution in [0.25, 0.3) is 0 Å². The summed E-state index contributed by atoms with van der Waals surface area (Å²) in [4.78, 5) is 3.67. The van der Waals surface area contributed by atoms with Gasteiger partial charge in [-0.3, -0.25) is 0 Å².